The van der Waals surface area contributed by atoms with Crippen LogP contribution in [0.2, 0.25) is 13.1 Å². The average molecular weight is 230 g/mol. The van der Waals surface area contributed by atoms with Crippen LogP contribution in [0.5, 0.6) is 0 Å². The molecule has 2 bridgehead atoms. The predicted molar refractivity (Wildman–Crippen MR) is 66.1 cm³/mol. The fourth-order valence-electron chi connectivity index (χ4n) is 2.65. The highest BCUT2D eigenvalue weighted by atomic mass is 28.4. The zero-order valence-electron chi connectivity index (χ0n) is 10.9. The van der Waals surface area contributed by atoms with Gasteiger partial charge in [0.05, 0.1) is 0 Å². The summed E-state index contributed by atoms with van der Waals surface area (Å²) in [5.41, 5.74) is 0. The summed E-state index contributed by atoms with van der Waals surface area (Å²) in [7, 11) is 1.70. The van der Waals surface area contributed by atoms with Crippen LogP contribution in [-0.4, -0.2) is 22.8 Å². The van der Waals surface area contributed by atoms with E-state index in [-0.39, 0.29) is 0 Å². The van der Waals surface area contributed by atoms with Crippen LogP contribution < -0.4 is 0 Å². The van der Waals surface area contributed by atoms with Gasteiger partial charge in [-0.2, -0.15) is 0 Å². The maximum absolute atomic E-state index is 5.00. The second kappa shape index (κ2) is 5.46. The Morgan fingerprint density at radius 1 is 1.00 bits per heavy atom. The van der Waals surface area contributed by atoms with E-state index in [0.717, 1.165) is 17.8 Å². The van der Waals surface area contributed by atoms with Crippen molar-refractivity contribution in [2.45, 2.75) is 45.7 Å². The minimum Gasteiger partial charge on any atom is -0.398 e. The van der Waals surface area contributed by atoms with Crippen molar-refractivity contribution in [1.29, 1.82) is 0 Å². The van der Waals surface area contributed by atoms with Crippen molar-refractivity contribution < 1.29 is 8.85 Å². The number of fused-ring (bicyclic) bond motifs is 2. The summed E-state index contributed by atoms with van der Waals surface area (Å²) in [6.45, 7) is 6.41. The van der Waals surface area contributed by atoms with Gasteiger partial charge in [0.15, 0.2) is 0 Å². The molecule has 3 atom stereocenters. The first-order valence-electron chi connectivity index (χ1n) is 6.08. The highest BCUT2D eigenvalue weighted by Crippen LogP contribution is 2.47. The van der Waals surface area contributed by atoms with E-state index in [9.17, 15) is 0 Å². The Morgan fingerprint density at radius 3 is 1.73 bits per heavy atom. The summed E-state index contributed by atoms with van der Waals surface area (Å²) < 4.78 is 10.0. The van der Waals surface area contributed by atoms with E-state index in [4.69, 9.17) is 8.85 Å². The van der Waals surface area contributed by atoms with Crippen LogP contribution in [0.15, 0.2) is 0 Å². The zero-order valence-corrected chi connectivity index (χ0v) is 11.9. The Hall–Kier alpha value is 0.137. The molecule has 90 valence electrons. The lowest BCUT2D eigenvalue weighted by molar-refractivity contribution is 0.258. The summed E-state index contributed by atoms with van der Waals surface area (Å²) in [5.74, 6) is 3.36. The Kier molecular flexibility index (Phi) is 4.81. The lowest BCUT2D eigenvalue weighted by atomic mass is 9.91. The van der Waals surface area contributed by atoms with Gasteiger partial charge in [0.1, 0.15) is 0 Å². The van der Waals surface area contributed by atoms with Gasteiger partial charge in [-0.05, 0) is 50.1 Å². The fraction of sp³-hybridized carbons (Fsp3) is 1.00. The van der Waals surface area contributed by atoms with Gasteiger partial charge in [-0.15, -0.1) is 0 Å². The molecule has 3 heteroatoms. The number of hydrogen-bond acceptors (Lipinski definition) is 2. The van der Waals surface area contributed by atoms with Crippen LogP contribution >= 0.6 is 0 Å². The molecule has 3 unspecified atom stereocenters. The van der Waals surface area contributed by atoms with E-state index in [1.165, 1.54) is 0 Å². The standard InChI is InChI=1S/C8H14.C4H12O2Si/c1-6-4-7-2-3-8(6)5-7;1-5-7(3,4)6-2/h6-8H,2-5H2,1H3;1-4H3. The molecule has 0 spiro atoms. The molecule has 2 aliphatic rings. The predicted octanol–water partition coefficient (Wildman–Crippen LogP) is 3.42. The van der Waals surface area contributed by atoms with E-state index in [1.54, 1.807) is 39.9 Å². The molecule has 2 fully saturated rings. The second-order valence-electron chi connectivity index (χ2n) is 5.46. The highest BCUT2D eigenvalue weighted by molar-refractivity contribution is 6.64. The van der Waals surface area contributed by atoms with Crippen molar-refractivity contribution in [3.05, 3.63) is 0 Å². The van der Waals surface area contributed by atoms with Crippen LogP contribution in [0.25, 0.3) is 0 Å². The van der Waals surface area contributed by atoms with Gasteiger partial charge < -0.3 is 8.85 Å². The normalized spacial score (nSPS) is 33.8. The summed E-state index contributed by atoms with van der Waals surface area (Å²) in [6.07, 6.45) is 6.21. The van der Waals surface area contributed by atoms with E-state index in [1.807, 2.05) is 13.1 Å². The van der Waals surface area contributed by atoms with Crippen molar-refractivity contribution in [2.24, 2.45) is 17.8 Å². The van der Waals surface area contributed by atoms with Gasteiger partial charge in [-0.1, -0.05) is 13.3 Å². The van der Waals surface area contributed by atoms with Gasteiger partial charge in [0.25, 0.3) is 0 Å². The molecule has 2 aliphatic carbocycles. The molecule has 0 aliphatic heterocycles. The molecule has 0 aromatic heterocycles. The van der Waals surface area contributed by atoms with Gasteiger partial charge >= 0.3 is 8.56 Å². The van der Waals surface area contributed by atoms with Gasteiger partial charge in [0.2, 0.25) is 0 Å². The smallest absolute Gasteiger partial charge is 0.331 e. The first-order chi connectivity index (χ1) is 6.98. The van der Waals surface area contributed by atoms with Crippen molar-refractivity contribution in [1.82, 2.24) is 0 Å². The zero-order chi connectivity index (χ0) is 11.5. The van der Waals surface area contributed by atoms with Crippen LogP contribution in [0.3, 0.4) is 0 Å². The molecule has 2 saturated carbocycles. The average Bonchev–Trinajstić information content (AvgIpc) is 2.80. The highest BCUT2D eigenvalue weighted by Gasteiger charge is 2.36. The summed E-state index contributed by atoms with van der Waals surface area (Å²) in [4.78, 5) is 0. The number of hydrogen-bond donors (Lipinski definition) is 0. The van der Waals surface area contributed by atoms with Crippen molar-refractivity contribution in [2.75, 3.05) is 14.2 Å². The molecular weight excluding hydrogens is 204 g/mol. The largest absolute Gasteiger partial charge is 0.398 e. The van der Waals surface area contributed by atoms with E-state index in [0.29, 0.717) is 0 Å². The molecule has 0 amide bonds. The molecule has 0 radical (unpaired) electrons. The molecule has 0 saturated heterocycles. The van der Waals surface area contributed by atoms with Crippen molar-refractivity contribution in [3.8, 4) is 0 Å². The van der Waals surface area contributed by atoms with Crippen LogP contribution in [0.4, 0.5) is 0 Å². The monoisotopic (exact) mass is 230 g/mol. The molecular formula is C12H26O2Si. The summed E-state index contributed by atoms with van der Waals surface area (Å²) in [6, 6.07) is 0. The molecule has 0 aromatic carbocycles. The van der Waals surface area contributed by atoms with Crippen molar-refractivity contribution in [3.63, 3.8) is 0 Å². The third-order valence-electron chi connectivity index (χ3n) is 4.07. The molecule has 2 nitrogen and oxygen atoms in total. The van der Waals surface area contributed by atoms with E-state index in [2.05, 4.69) is 6.92 Å². The fourth-order valence-corrected chi connectivity index (χ4v) is 2.81. The third-order valence-corrected chi connectivity index (χ3v) is 6.04. The Bertz CT molecular complexity index is 186. The van der Waals surface area contributed by atoms with Gasteiger partial charge in [0, 0.05) is 14.2 Å². The Labute approximate surface area is 95.6 Å². The van der Waals surface area contributed by atoms with E-state index >= 15 is 0 Å². The minimum atomic E-state index is -1.65. The molecule has 0 aromatic rings. The van der Waals surface area contributed by atoms with E-state index < -0.39 is 8.56 Å². The molecule has 0 N–H and O–H groups in total. The summed E-state index contributed by atoms with van der Waals surface area (Å²) in [5, 5.41) is 0. The topological polar surface area (TPSA) is 18.5 Å². The van der Waals surface area contributed by atoms with Crippen LogP contribution in [-0.2, 0) is 8.85 Å². The quantitative estimate of drug-likeness (QED) is 0.677. The first-order valence-corrected chi connectivity index (χ1v) is 8.90. The maximum Gasteiger partial charge on any atom is 0.331 e. The van der Waals surface area contributed by atoms with Crippen LogP contribution in [0.1, 0.15) is 32.6 Å². The van der Waals surface area contributed by atoms with Crippen molar-refractivity contribution >= 4 is 8.56 Å². The number of rotatable bonds is 2. The maximum atomic E-state index is 5.00. The van der Waals surface area contributed by atoms with Gasteiger partial charge in [-0.3, -0.25) is 0 Å². The SMILES string of the molecule is CC1CC2CCC1C2.CO[Si](C)(C)OC. The first kappa shape index (κ1) is 13.2. The minimum absolute atomic E-state index is 1.08. The lowest BCUT2D eigenvalue weighted by Crippen LogP contribution is -2.31. The summed E-state index contributed by atoms with van der Waals surface area (Å²) >= 11 is 0. The Balaban J connectivity index is 0.000000153. The molecule has 0 heterocycles. The molecule has 15 heavy (non-hydrogen) atoms. The Morgan fingerprint density at radius 2 is 1.60 bits per heavy atom. The lowest BCUT2D eigenvalue weighted by Gasteiger charge is -2.15. The molecule has 2 rings (SSSR count). The van der Waals surface area contributed by atoms with Gasteiger partial charge in [-0.25, -0.2) is 0 Å². The van der Waals surface area contributed by atoms with Crippen LogP contribution in [0, 0.1) is 17.8 Å². The third kappa shape index (κ3) is 3.89. The second-order valence-corrected chi connectivity index (χ2v) is 9.08.